The minimum absolute atomic E-state index is 0.142. The van der Waals surface area contributed by atoms with E-state index in [0.29, 0.717) is 13.0 Å². The van der Waals surface area contributed by atoms with E-state index in [1.165, 1.54) is 0 Å². The van der Waals surface area contributed by atoms with Crippen LogP contribution in [-0.4, -0.2) is 51.0 Å². The summed E-state index contributed by atoms with van der Waals surface area (Å²) in [5, 5.41) is 0.142. The Hall–Kier alpha value is -0.473. The van der Waals surface area contributed by atoms with Gasteiger partial charge in [0.05, 0.1) is 12.7 Å². The Balaban J connectivity index is 2.03. The number of carbonyl (C=O) groups excluding carboxylic acids is 1. The molecular weight excluding hydrogens is 326 g/mol. The summed E-state index contributed by atoms with van der Waals surface area (Å²) >= 11 is 0. The van der Waals surface area contributed by atoms with Crippen LogP contribution in [-0.2, 0) is 23.4 Å². The van der Waals surface area contributed by atoms with Crippen molar-refractivity contribution in [1.82, 2.24) is 0 Å². The van der Waals surface area contributed by atoms with Crippen LogP contribution >= 0.6 is 0 Å². The maximum absolute atomic E-state index is 11.1. The fourth-order valence-corrected chi connectivity index (χ4v) is 3.94. The van der Waals surface area contributed by atoms with E-state index in [-0.39, 0.29) is 41.8 Å². The summed E-state index contributed by atoms with van der Waals surface area (Å²) in [6, 6.07) is 0. The molecule has 2 saturated heterocycles. The first kappa shape index (κ1) is 19.8. The number of rotatable bonds is 6. The van der Waals surface area contributed by atoms with Crippen LogP contribution in [0.1, 0.15) is 47.5 Å². The molecule has 0 aromatic carbocycles. The Kier molecular flexibility index (Phi) is 5.53. The van der Waals surface area contributed by atoms with Gasteiger partial charge in [0.15, 0.2) is 14.1 Å². The number of ether oxygens (including phenoxy) is 3. The van der Waals surface area contributed by atoms with Crippen LogP contribution in [0.15, 0.2) is 0 Å². The highest BCUT2D eigenvalue weighted by Gasteiger charge is 2.55. The third kappa shape index (κ3) is 4.38. The van der Waals surface area contributed by atoms with Gasteiger partial charge in [-0.15, -0.1) is 0 Å². The van der Waals surface area contributed by atoms with E-state index < -0.39 is 14.1 Å². The average molecular weight is 360 g/mol. The van der Waals surface area contributed by atoms with Crippen molar-refractivity contribution in [2.75, 3.05) is 6.61 Å². The van der Waals surface area contributed by atoms with Gasteiger partial charge >= 0.3 is 0 Å². The van der Waals surface area contributed by atoms with E-state index in [9.17, 15) is 4.79 Å². The van der Waals surface area contributed by atoms with Crippen molar-refractivity contribution in [3.8, 4) is 0 Å². The van der Waals surface area contributed by atoms with Gasteiger partial charge in [0.2, 0.25) is 5.91 Å². The zero-order valence-corrected chi connectivity index (χ0v) is 17.0. The minimum Gasteiger partial charge on any atom is -0.414 e. The monoisotopic (exact) mass is 359 g/mol. The van der Waals surface area contributed by atoms with E-state index in [1.54, 1.807) is 0 Å². The van der Waals surface area contributed by atoms with Gasteiger partial charge in [-0.25, -0.2) is 0 Å². The molecular formula is C17H33NO5Si. The van der Waals surface area contributed by atoms with Gasteiger partial charge in [-0.1, -0.05) is 20.8 Å². The van der Waals surface area contributed by atoms with Gasteiger partial charge in [-0.2, -0.15) is 0 Å². The second-order valence-electron chi connectivity index (χ2n) is 8.85. The van der Waals surface area contributed by atoms with Crippen LogP contribution in [0.5, 0.6) is 0 Å². The Labute approximate surface area is 146 Å². The first-order valence-electron chi connectivity index (χ1n) is 8.76. The van der Waals surface area contributed by atoms with E-state index in [1.807, 2.05) is 13.8 Å². The third-order valence-electron chi connectivity index (χ3n) is 5.34. The molecule has 0 radical (unpaired) electrons. The second kappa shape index (κ2) is 6.68. The molecule has 0 spiro atoms. The van der Waals surface area contributed by atoms with Crippen LogP contribution in [0, 0.1) is 0 Å². The van der Waals surface area contributed by atoms with Crippen LogP contribution in [0.4, 0.5) is 0 Å². The summed E-state index contributed by atoms with van der Waals surface area (Å²) in [5.41, 5.74) is 5.27. The van der Waals surface area contributed by atoms with Crippen LogP contribution in [0.25, 0.3) is 0 Å². The standard InChI is InChI=1S/C17H33NO5Si/c1-16(2,3)24(6,7)20-10-12-15-14(22-17(4,5)23-15)11(21-12)8-9-13(18)19/h11-12,14-15H,8-10H2,1-7H3,(H2,18,19)/t11?,12-,14+,15-/m1/s1. The number of nitrogens with two attached hydrogens (primary N) is 1. The fourth-order valence-electron chi connectivity index (χ4n) is 2.93. The topological polar surface area (TPSA) is 80.0 Å². The van der Waals surface area contributed by atoms with Gasteiger partial charge in [0.25, 0.3) is 0 Å². The first-order chi connectivity index (χ1) is 10.8. The fraction of sp³-hybridized carbons (Fsp3) is 0.941. The molecule has 24 heavy (non-hydrogen) atoms. The molecule has 6 nitrogen and oxygen atoms in total. The molecule has 2 heterocycles. The lowest BCUT2D eigenvalue weighted by Gasteiger charge is -2.37. The van der Waals surface area contributed by atoms with Gasteiger partial charge in [0.1, 0.15) is 18.3 Å². The van der Waals surface area contributed by atoms with Crippen molar-refractivity contribution < 1.29 is 23.4 Å². The van der Waals surface area contributed by atoms with Crippen molar-refractivity contribution >= 4 is 14.2 Å². The number of hydrogen-bond donors (Lipinski definition) is 1. The highest BCUT2D eigenvalue weighted by atomic mass is 28.4. The van der Waals surface area contributed by atoms with E-state index in [0.717, 1.165) is 0 Å². The maximum atomic E-state index is 11.1. The number of hydrogen-bond acceptors (Lipinski definition) is 5. The summed E-state index contributed by atoms with van der Waals surface area (Å²) < 4.78 is 24.5. The summed E-state index contributed by atoms with van der Waals surface area (Å²) in [6.45, 7) is 15.4. The molecule has 2 aliphatic heterocycles. The normalized spacial score (nSPS) is 32.8. The minimum atomic E-state index is -1.86. The predicted octanol–water partition coefficient (Wildman–Crippen LogP) is 2.56. The highest BCUT2D eigenvalue weighted by Crippen LogP contribution is 2.42. The zero-order chi connectivity index (χ0) is 18.3. The summed E-state index contributed by atoms with van der Waals surface area (Å²) in [5.74, 6) is -0.964. The lowest BCUT2D eigenvalue weighted by Crippen LogP contribution is -2.44. The molecule has 2 N–H and O–H groups in total. The number of primary amides is 1. The van der Waals surface area contributed by atoms with E-state index >= 15 is 0 Å². The average Bonchev–Trinajstić information content (AvgIpc) is 2.86. The molecule has 0 aromatic rings. The van der Waals surface area contributed by atoms with Crippen molar-refractivity contribution in [2.45, 2.75) is 95.8 Å². The molecule has 0 aliphatic carbocycles. The molecule has 140 valence electrons. The smallest absolute Gasteiger partial charge is 0.217 e. The Bertz CT molecular complexity index is 474. The Morgan fingerprint density at radius 3 is 2.21 bits per heavy atom. The number of fused-ring (bicyclic) bond motifs is 1. The molecule has 1 amide bonds. The van der Waals surface area contributed by atoms with Crippen molar-refractivity contribution in [1.29, 1.82) is 0 Å². The highest BCUT2D eigenvalue weighted by molar-refractivity contribution is 6.74. The second-order valence-corrected chi connectivity index (χ2v) is 13.7. The molecule has 7 heteroatoms. The van der Waals surface area contributed by atoms with E-state index in [2.05, 4.69) is 33.9 Å². The first-order valence-corrected chi connectivity index (χ1v) is 11.7. The molecule has 2 fully saturated rings. The van der Waals surface area contributed by atoms with Gasteiger partial charge < -0.3 is 24.4 Å². The molecule has 1 unspecified atom stereocenters. The van der Waals surface area contributed by atoms with Crippen LogP contribution in [0.3, 0.4) is 0 Å². The summed E-state index contributed by atoms with van der Waals surface area (Å²) in [7, 11) is -1.86. The molecule has 4 atom stereocenters. The van der Waals surface area contributed by atoms with Gasteiger partial charge in [0, 0.05) is 6.42 Å². The van der Waals surface area contributed by atoms with Crippen molar-refractivity contribution in [3.63, 3.8) is 0 Å². The molecule has 0 saturated carbocycles. The molecule has 2 aliphatic rings. The Morgan fingerprint density at radius 1 is 1.17 bits per heavy atom. The van der Waals surface area contributed by atoms with Crippen molar-refractivity contribution in [2.24, 2.45) is 5.73 Å². The van der Waals surface area contributed by atoms with Gasteiger partial charge in [-0.3, -0.25) is 4.79 Å². The summed E-state index contributed by atoms with van der Waals surface area (Å²) in [4.78, 5) is 11.1. The molecule has 0 bridgehead atoms. The quantitative estimate of drug-likeness (QED) is 0.737. The predicted molar refractivity (Wildman–Crippen MR) is 94.1 cm³/mol. The van der Waals surface area contributed by atoms with Crippen LogP contribution < -0.4 is 5.73 Å². The SMILES string of the molecule is CC1(C)O[C@@H]2[C@@H](CO[Si](C)(C)C(C)(C)C)OC(CCC(N)=O)[C@@H]2O1. The van der Waals surface area contributed by atoms with Gasteiger partial charge in [-0.05, 0) is 38.4 Å². The lowest BCUT2D eigenvalue weighted by molar-refractivity contribution is -0.190. The van der Waals surface area contributed by atoms with Crippen LogP contribution in [0.2, 0.25) is 18.1 Å². The molecule has 2 rings (SSSR count). The summed E-state index contributed by atoms with van der Waals surface area (Å²) in [6.07, 6.45) is 0.135. The van der Waals surface area contributed by atoms with Crippen molar-refractivity contribution in [3.05, 3.63) is 0 Å². The largest absolute Gasteiger partial charge is 0.414 e. The number of carbonyl (C=O) groups is 1. The molecule has 0 aromatic heterocycles. The Morgan fingerprint density at radius 2 is 1.71 bits per heavy atom. The lowest BCUT2D eigenvalue weighted by atomic mass is 10.0. The third-order valence-corrected chi connectivity index (χ3v) is 9.84. The number of amides is 1. The zero-order valence-electron chi connectivity index (χ0n) is 16.0. The van der Waals surface area contributed by atoms with E-state index in [4.69, 9.17) is 24.4 Å². The maximum Gasteiger partial charge on any atom is 0.217 e.